The molecule has 0 bridgehead atoms. The van der Waals surface area contributed by atoms with E-state index in [0.29, 0.717) is 0 Å². The fourth-order valence-electron chi connectivity index (χ4n) is 10.7. The summed E-state index contributed by atoms with van der Waals surface area (Å²) in [5, 5.41) is 13.0. The number of hydrogen-bond acceptors (Lipinski definition) is 2. The van der Waals surface area contributed by atoms with Crippen LogP contribution >= 0.6 is 0 Å². The molecule has 0 saturated heterocycles. The number of fused-ring (bicyclic) bond motifs is 2. The number of ether oxygens (including phenoxy) is 2. The van der Waals surface area contributed by atoms with Crippen LogP contribution in [0.1, 0.15) is 33.4 Å². The van der Waals surface area contributed by atoms with Crippen molar-refractivity contribution in [2.75, 3.05) is 0 Å². The van der Waals surface area contributed by atoms with Gasteiger partial charge in [0, 0.05) is 10.8 Å². The van der Waals surface area contributed by atoms with E-state index in [1.165, 1.54) is 92.9 Å². The van der Waals surface area contributed by atoms with Gasteiger partial charge in [0.15, 0.2) is 0 Å². The van der Waals surface area contributed by atoms with Gasteiger partial charge < -0.3 is 9.47 Å². The molecule has 2 nitrogen and oxygen atoms in total. The van der Waals surface area contributed by atoms with Crippen LogP contribution in [0, 0.1) is 41.5 Å². The van der Waals surface area contributed by atoms with Crippen LogP contribution in [0.2, 0.25) is 0 Å². The molecular weight excluding hydrogens is 643 g/mol. The lowest BCUT2D eigenvalue weighted by Gasteiger charge is -2.38. The third kappa shape index (κ3) is 3.65. The zero-order valence-corrected chi connectivity index (χ0v) is 30.7. The summed E-state index contributed by atoms with van der Waals surface area (Å²) in [6.07, 6.45) is 0. The fourth-order valence-corrected chi connectivity index (χ4v) is 10.7. The molecule has 3 heterocycles. The summed E-state index contributed by atoms with van der Waals surface area (Å²) in [7, 11) is 0. The Labute approximate surface area is 308 Å². The lowest BCUT2D eigenvalue weighted by molar-refractivity contribution is 0.479. The van der Waals surface area contributed by atoms with E-state index < -0.39 is 0 Å². The van der Waals surface area contributed by atoms with Gasteiger partial charge in [0.1, 0.15) is 23.0 Å². The molecule has 0 N–H and O–H groups in total. The maximum absolute atomic E-state index is 7.06. The Hall–Kier alpha value is -6.06. The van der Waals surface area contributed by atoms with Crippen LogP contribution < -0.4 is 25.9 Å². The summed E-state index contributed by atoms with van der Waals surface area (Å²) in [5.74, 6) is 3.61. The van der Waals surface area contributed by atoms with Gasteiger partial charge in [0.05, 0.1) is 0 Å². The second-order valence-corrected chi connectivity index (χ2v) is 15.9. The van der Waals surface area contributed by atoms with E-state index in [-0.39, 0.29) is 6.71 Å². The van der Waals surface area contributed by atoms with Gasteiger partial charge in [-0.1, -0.05) is 112 Å². The van der Waals surface area contributed by atoms with Crippen molar-refractivity contribution in [1.82, 2.24) is 0 Å². The van der Waals surface area contributed by atoms with Crippen molar-refractivity contribution >= 4 is 77.0 Å². The highest BCUT2D eigenvalue weighted by Gasteiger charge is 2.43. The summed E-state index contributed by atoms with van der Waals surface area (Å²) < 4.78 is 14.1. The molecule has 3 aliphatic rings. The van der Waals surface area contributed by atoms with Crippen molar-refractivity contribution in [3.05, 3.63) is 137 Å². The lowest BCUT2D eigenvalue weighted by atomic mass is 9.29. The molecule has 0 amide bonds. The largest absolute Gasteiger partial charge is 0.456 e. The van der Waals surface area contributed by atoms with Crippen LogP contribution in [0.4, 0.5) is 0 Å². The first kappa shape index (κ1) is 29.5. The quantitative estimate of drug-likeness (QED) is 0.105. The Morgan fingerprint density at radius 1 is 0.358 bits per heavy atom. The monoisotopic (exact) mass is 678 g/mol. The van der Waals surface area contributed by atoms with E-state index in [9.17, 15) is 0 Å². The first-order chi connectivity index (χ1) is 25.7. The van der Waals surface area contributed by atoms with Gasteiger partial charge in [-0.25, -0.2) is 0 Å². The summed E-state index contributed by atoms with van der Waals surface area (Å²) >= 11 is 0. The smallest absolute Gasteiger partial charge is 0.246 e. The molecule has 3 heteroatoms. The number of rotatable bonds is 4. The van der Waals surface area contributed by atoms with Gasteiger partial charge in [0.2, 0.25) is 6.71 Å². The van der Waals surface area contributed by atoms with Crippen LogP contribution in [0.25, 0.3) is 76.1 Å². The molecule has 53 heavy (non-hydrogen) atoms. The number of aryl methyl sites for hydroxylation is 6. The van der Waals surface area contributed by atoms with Crippen molar-refractivity contribution in [1.29, 1.82) is 0 Å². The molecule has 0 saturated carbocycles. The molecule has 0 atom stereocenters. The maximum Gasteiger partial charge on any atom is 0.246 e. The Bertz CT molecular complexity index is 2990. The van der Waals surface area contributed by atoms with Gasteiger partial charge in [-0.2, -0.15) is 0 Å². The zero-order chi connectivity index (χ0) is 35.6. The van der Waals surface area contributed by atoms with Gasteiger partial charge in [-0.15, -0.1) is 0 Å². The normalized spacial score (nSPS) is 13.1. The average molecular weight is 679 g/mol. The Balaban J connectivity index is 1.27. The average Bonchev–Trinajstić information content (AvgIpc) is 3.14. The van der Waals surface area contributed by atoms with Crippen molar-refractivity contribution < 1.29 is 9.47 Å². The van der Waals surface area contributed by atoms with E-state index in [0.717, 1.165) is 56.0 Å². The molecule has 9 aromatic rings. The number of benzene rings is 9. The minimum atomic E-state index is 0.0929. The summed E-state index contributed by atoms with van der Waals surface area (Å²) in [5.41, 5.74) is 16.6. The Morgan fingerprint density at radius 3 is 1.17 bits per heavy atom. The fraction of sp³-hybridized carbons (Fsp3) is 0.120. The van der Waals surface area contributed by atoms with Gasteiger partial charge in [-0.3, -0.25) is 0 Å². The second-order valence-electron chi connectivity index (χ2n) is 15.9. The van der Waals surface area contributed by atoms with Crippen molar-refractivity contribution in [2.45, 2.75) is 41.5 Å². The van der Waals surface area contributed by atoms with E-state index in [2.05, 4.69) is 145 Å². The summed E-state index contributed by atoms with van der Waals surface area (Å²) in [6, 6.07) is 39.0. The summed E-state index contributed by atoms with van der Waals surface area (Å²) in [4.78, 5) is 0. The highest BCUT2D eigenvalue weighted by molar-refractivity contribution is 7.05. The highest BCUT2D eigenvalue weighted by Crippen LogP contribution is 2.50. The number of hydrogen-bond donors (Lipinski definition) is 0. The molecule has 0 fully saturated rings. The minimum Gasteiger partial charge on any atom is -0.456 e. The molecule has 9 aromatic carbocycles. The lowest BCUT2D eigenvalue weighted by Crippen LogP contribution is -2.58. The van der Waals surface area contributed by atoms with Gasteiger partial charge in [0.25, 0.3) is 0 Å². The van der Waals surface area contributed by atoms with Crippen LogP contribution in [-0.4, -0.2) is 6.71 Å². The molecule has 12 rings (SSSR count). The SMILES string of the molecule is Cc1cc(C)c(Oc2ccc3c4c5c6c(ccc(Oc7c(C)cc(C)cc7C)c6cc24)-c2ccc4ccc6ccc7ccc-3c3c7c6c4c2B53)c(C)c1. The Kier molecular flexibility index (Phi) is 5.50. The molecule has 250 valence electrons. The third-order valence-corrected chi connectivity index (χ3v) is 12.5. The van der Waals surface area contributed by atoms with Crippen LogP contribution in [0.5, 0.6) is 23.0 Å². The van der Waals surface area contributed by atoms with Crippen LogP contribution in [0.3, 0.4) is 0 Å². The molecule has 0 unspecified atom stereocenters. The molecular formula is C50H35BO2. The van der Waals surface area contributed by atoms with Crippen molar-refractivity contribution in [3.8, 4) is 45.3 Å². The zero-order valence-electron chi connectivity index (χ0n) is 30.7. The first-order valence-corrected chi connectivity index (χ1v) is 18.8. The maximum atomic E-state index is 7.06. The van der Waals surface area contributed by atoms with E-state index in [4.69, 9.17) is 9.47 Å². The van der Waals surface area contributed by atoms with Crippen LogP contribution in [-0.2, 0) is 0 Å². The predicted molar refractivity (Wildman–Crippen MR) is 225 cm³/mol. The molecule has 0 aliphatic carbocycles. The Morgan fingerprint density at radius 2 is 0.736 bits per heavy atom. The van der Waals surface area contributed by atoms with E-state index in [1.807, 2.05) is 0 Å². The van der Waals surface area contributed by atoms with Gasteiger partial charge >= 0.3 is 0 Å². The van der Waals surface area contributed by atoms with E-state index >= 15 is 0 Å². The summed E-state index contributed by atoms with van der Waals surface area (Å²) in [6.45, 7) is 13.0. The third-order valence-electron chi connectivity index (χ3n) is 12.5. The molecule has 0 aromatic heterocycles. The van der Waals surface area contributed by atoms with Crippen LogP contribution in [0.15, 0.2) is 103 Å². The standard InChI is InChI=1S/C50H35BO2/c1-24-19-26(3)49(27(4)20-24)52-39-17-15-33-35-13-11-31-9-7-30-8-10-32-12-14-36-34-16-18-40(53-50-28(5)21-25(2)22-29(50)6)38-23-37(39)44(33)48(45(34)38)51-46(35)42(31)41(30)43(32)47(36)51/h7-23H,1-6H3. The van der Waals surface area contributed by atoms with E-state index in [1.54, 1.807) is 0 Å². The van der Waals surface area contributed by atoms with Crippen molar-refractivity contribution in [2.24, 2.45) is 0 Å². The topological polar surface area (TPSA) is 18.5 Å². The first-order valence-electron chi connectivity index (χ1n) is 18.8. The predicted octanol–water partition coefficient (Wildman–Crippen LogP) is 11.7. The second kappa shape index (κ2) is 9.88. The minimum absolute atomic E-state index is 0.0929. The molecule has 0 radical (unpaired) electrons. The highest BCUT2D eigenvalue weighted by atomic mass is 16.5. The molecule has 0 spiro atoms. The molecule has 3 aliphatic heterocycles. The van der Waals surface area contributed by atoms with Gasteiger partial charge in [-0.05, 0) is 147 Å². The van der Waals surface area contributed by atoms with Crippen molar-refractivity contribution in [3.63, 3.8) is 0 Å².